The Kier molecular flexibility index (Phi) is 5.22. The van der Waals surface area contributed by atoms with E-state index in [0.717, 1.165) is 5.56 Å². The number of alkyl halides is 1. The summed E-state index contributed by atoms with van der Waals surface area (Å²) in [6, 6.07) is 10.7. The molecule has 5 rings (SSSR count). The molecule has 0 unspecified atom stereocenters. The SMILES string of the molecule is COc1ncc(-c2cc3c4c(ccc3n2S(=O)(=O)c2ccc(C)cc2)[C@@H](N=[N+]=[N-])[C@@H](F)C4)cn1. The van der Waals surface area contributed by atoms with Crippen molar-refractivity contribution in [1.82, 2.24) is 13.9 Å². The van der Waals surface area contributed by atoms with Crippen molar-refractivity contribution in [3.63, 3.8) is 0 Å². The fraction of sp³-hybridized carbons (Fsp3) is 0.217. The third-order valence-corrected chi connectivity index (χ3v) is 7.73. The van der Waals surface area contributed by atoms with E-state index in [-0.39, 0.29) is 17.3 Å². The molecule has 0 radical (unpaired) electrons. The van der Waals surface area contributed by atoms with Crippen molar-refractivity contribution >= 4 is 20.9 Å². The van der Waals surface area contributed by atoms with Crippen molar-refractivity contribution in [3.05, 3.63) is 82.0 Å². The van der Waals surface area contributed by atoms with Gasteiger partial charge in [0.25, 0.3) is 10.0 Å². The van der Waals surface area contributed by atoms with Crippen molar-refractivity contribution in [1.29, 1.82) is 0 Å². The van der Waals surface area contributed by atoms with Crippen LogP contribution < -0.4 is 4.74 Å². The highest BCUT2D eigenvalue weighted by molar-refractivity contribution is 7.90. The summed E-state index contributed by atoms with van der Waals surface area (Å²) < 4.78 is 48.6. The summed E-state index contributed by atoms with van der Waals surface area (Å²) in [6.07, 6.45) is 1.58. The number of aromatic nitrogens is 3. The number of methoxy groups -OCH3 is 1. The number of aryl methyl sites for hydroxylation is 1. The molecule has 0 aliphatic heterocycles. The molecule has 172 valence electrons. The first-order valence-corrected chi connectivity index (χ1v) is 11.8. The van der Waals surface area contributed by atoms with Crippen LogP contribution in [0.1, 0.15) is 22.7 Å². The fourth-order valence-electron chi connectivity index (χ4n) is 4.36. The Morgan fingerprint density at radius 1 is 1.18 bits per heavy atom. The summed E-state index contributed by atoms with van der Waals surface area (Å²) in [6.45, 7) is 1.87. The number of fused-ring (bicyclic) bond motifs is 3. The third kappa shape index (κ3) is 3.37. The molecule has 0 N–H and O–H groups in total. The van der Waals surface area contributed by atoms with E-state index in [9.17, 15) is 12.8 Å². The molecule has 1 aliphatic rings. The van der Waals surface area contributed by atoms with Gasteiger partial charge < -0.3 is 4.74 Å². The number of hydrogen-bond acceptors (Lipinski definition) is 6. The zero-order valence-electron chi connectivity index (χ0n) is 18.3. The molecule has 0 fully saturated rings. The number of azide groups is 1. The number of nitrogens with zero attached hydrogens (tertiary/aromatic N) is 6. The molecule has 0 saturated heterocycles. The fourth-order valence-corrected chi connectivity index (χ4v) is 5.88. The van der Waals surface area contributed by atoms with E-state index in [2.05, 4.69) is 20.0 Å². The van der Waals surface area contributed by atoms with E-state index in [4.69, 9.17) is 10.3 Å². The minimum absolute atomic E-state index is 0.0174. The van der Waals surface area contributed by atoms with Crippen LogP contribution in [0.5, 0.6) is 6.01 Å². The van der Waals surface area contributed by atoms with Crippen LogP contribution in [0.4, 0.5) is 4.39 Å². The summed E-state index contributed by atoms with van der Waals surface area (Å²) in [5, 5.41) is 4.18. The van der Waals surface area contributed by atoms with Crippen LogP contribution >= 0.6 is 0 Å². The van der Waals surface area contributed by atoms with Gasteiger partial charge in [-0.25, -0.2) is 26.7 Å². The molecule has 9 nitrogen and oxygen atoms in total. The minimum Gasteiger partial charge on any atom is -0.467 e. The molecular formula is C23H19FN6O3S. The molecule has 34 heavy (non-hydrogen) atoms. The van der Waals surface area contributed by atoms with Gasteiger partial charge in [-0.05, 0) is 47.8 Å². The Morgan fingerprint density at radius 3 is 2.53 bits per heavy atom. The molecule has 4 aromatic rings. The second-order valence-electron chi connectivity index (χ2n) is 8.01. The first-order chi connectivity index (χ1) is 16.3. The van der Waals surface area contributed by atoms with Gasteiger partial charge in [0.15, 0.2) is 0 Å². The van der Waals surface area contributed by atoms with Gasteiger partial charge in [-0.15, -0.1) is 0 Å². The third-order valence-electron chi connectivity index (χ3n) is 5.99. The van der Waals surface area contributed by atoms with Crippen LogP contribution in [0.3, 0.4) is 0 Å². The Balaban J connectivity index is 1.81. The van der Waals surface area contributed by atoms with Crippen LogP contribution in [0, 0.1) is 6.92 Å². The summed E-state index contributed by atoms with van der Waals surface area (Å²) >= 11 is 0. The normalized spacial score (nSPS) is 17.4. The summed E-state index contributed by atoms with van der Waals surface area (Å²) in [5.74, 6) is 0. The maximum atomic E-state index is 14.7. The van der Waals surface area contributed by atoms with Crippen LogP contribution in [0.25, 0.3) is 32.6 Å². The van der Waals surface area contributed by atoms with Gasteiger partial charge in [-0.1, -0.05) is 28.9 Å². The number of halogens is 1. The van der Waals surface area contributed by atoms with Crippen LogP contribution in [0.2, 0.25) is 0 Å². The van der Waals surface area contributed by atoms with Gasteiger partial charge >= 0.3 is 6.01 Å². The van der Waals surface area contributed by atoms with Crippen molar-refractivity contribution < 1.29 is 17.5 Å². The van der Waals surface area contributed by atoms with Gasteiger partial charge in [0.2, 0.25) is 0 Å². The lowest BCUT2D eigenvalue weighted by molar-refractivity contribution is 0.303. The zero-order valence-corrected chi connectivity index (χ0v) is 19.1. The van der Waals surface area contributed by atoms with Crippen molar-refractivity contribution in [2.24, 2.45) is 5.11 Å². The lowest BCUT2D eigenvalue weighted by Crippen LogP contribution is -2.14. The van der Waals surface area contributed by atoms with Crippen molar-refractivity contribution in [2.45, 2.75) is 30.5 Å². The molecule has 0 spiro atoms. The van der Waals surface area contributed by atoms with E-state index >= 15 is 0 Å². The van der Waals surface area contributed by atoms with Crippen LogP contribution in [0.15, 0.2) is 64.9 Å². The van der Waals surface area contributed by atoms with Crippen molar-refractivity contribution in [3.8, 4) is 17.3 Å². The highest BCUT2D eigenvalue weighted by Crippen LogP contribution is 2.43. The Bertz CT molecular complexity index is 1560. The first kappa shape index (κ1) is 21.9. The number of rotatable bonds is 5. The second-order valence-corrected chi connectivity index (χ2v) is 9.79. The topological polar surface area (TPSA) is 123 Å². The molecule has 11 heteroatoms. The quantitative estimate of drug-likeness (QED) is 0.229. The second kappa shape index (κ2) is 8.12. The first-order valence-electron chi connectivity index (χ1n) is 10.4. The van der Waals surface area contributed by atoms with E-state index in [1.807, 2.05) is 6.92 Å². The standard InChI is InChI=1S/C23H19FN6O3S/c1-13-3-5-15(6-4-13)34(31,32)30-20-8-7-16-17(9-19(24)22(16)28-29-25)18(20)10-21(30)14-11-26-23(33-2)27-12-14/h3-8,10-12,19,22H,9H2,1-2H3/t19-,22+/m0/s1. The molecule has 1 aliphatic carbocycles. The smallest absolute Gasteiger partial charge is 0.316 e. The lowest BCUT2D eigenvalue weighted by Gasteiger charge is -2.13. The molecule has 2 aromatic carbocycles. The van der Waals surface area contributed by atoms with Gasteiger partial charge in [-0.2, -0.15) is 0 Å². The predicted molar refractivity (Wildman–Crippen MR) is 124 cm³/mol. The minimum atomic E-state index is -4.03. The highest BCUT2D eigenvalue weighted by atomic mass is 32.2. The number of benzene rings is 2. The Hall–Kier alpha value is -3.95. The average molecular weight is 479 g/mol. The molecule has 2 atom stereocenters. The average Bonchev–Trinajstić information content (AvgIpc) is 3.38. The monoisotopic (exact) mass is 478 g/mol. The highest BCUT2D eigenvalue weighted by Gasteiger charge is 2.35. The van der Waals surface area contributed by atoms with Gasteiger partial charge in [0, 0.05) is 34.7 Å². The molecule has 2 aromatic heterocycles. The Morgan fingerprint density at radius 2 is 1.88 bits per heavy atom. The van der Waals surface area contributed by atoms with Gasteiger partial charge in [-0.3, -0.25) is 0 Å². The van der Waals surface area contributed by atoms with E-state index in [0.29, 0.717) is 33.3 Å². The lowest BCUT2D eigenvalue weighted by atomic mass is 10.0. The molecule has 0 bridgehead atoms. The molecular weight excluding hydrogens is 459 g/mol. The summed E-state index contributed by atoms with van der Waals surface area (Å²) in [5.41, 5.74) is 12.1. The van der Waals surface area contributed by atoms with E-state index in [1.54, 1.807) is 42.5 Å². The predicted octanol–water partition coefficient (Wildman–Crippen LogP) is 4.90. The molecule has 2 heterocycles. The number of ether oxygens (including phenoxy) is 1. The molecule has 0 saturated carbocycles. The van der Waals surface area contributed by atoms with Gasteiger partial charge in [0.05, 0.1) is 29.3 Å². The number of hydrogen-bond donors (Lipinski definition) is 0. The van der Waals surface area contributed by atoms with E-state index in [1.165, 1.54) is 23.5 Å². The van der Waals surface area contributed by atoms with Crippen LogP contribution in [-0.2, 0) is 16.4 Å². The maximum absolute atomic E-state index is 14.7. The maximum Gasteiger partial charge on any atom is 0.316 e. The van der Waals surface area contributed by atoms with Crippen molar-refractivity contribution in [2.75, 3.05) is 7.11 Å². The largest absolute Gasteiger partial charge is 0.467 e. The summed E-state index contributed by atoms with van der Waals surface area (Å²) in [4.78, 5) is 11.1. The van der Waals surface area contributed by atoms with Crippen LogP contribution in [-0.4, -0.2) is 35.6 Å². The van der Waals surface area contributed by atoms with Gasteiger partial charge in [0.1, 0.15) is 6.17 Å². The summed E-state index contributed by atoms with van der Waals surface area (Å²) in [7, 11) is -2.60. The Labute approximate surface area is 194 Å². The van der Waals surface area contributed by atoms with E-state index < -0.39 is 22.2 Å². The molecule has 0 amide bonds. The zero-order chi connectivity index (χ0) is 24.0.